The summed E-state index contributed by atoms with van der Waals surface area (Å²) in [5, 5.41) is 3.33. The second-order valence-electron chi connectivity index (χ2n) is 12.2. The molecular weight excluding hydrogens is 632 g/mol. The summed E-state index contributed by atoms with van der Waals surface area (Å²) in [4.78, 5) is 44.1. The van der Waals surface area contributed by atoms with Crippen LogP contribution in [0.25, 0.3) is 12.2 Å². The van der Waals surface area contributed by atoms with E-state index in [1.807, 2.05) is 36.4 Å². The average Bonchev–Trinajstić information content (AvgIpc) is 3.15. The van der Waals surface area contributed by atoms with Crippen LogP contribution in [-0.4, -0.2) is 54.8 Å². The standard InChI is InChI=1S/C40H40N4O6/c1-43-35(22-28-9-15-33(48-2)16-10-28)39(46)42-34(40(43)47)21-27-5-11-29(12-6-27)38(45)41-32-13-7-26(8-14-32)17-19-44-20-18-30-23-36(49-3)37(50-4)24-31(30)25-44/h5-16,21-24H,17-20,25H2,1-4H3,(H,41,45)(H,42,46). The van der Waals surface area contributed by atoms with Gasteiger partial charge in [-0.15, -0.1) is 0 Å². The van der Waals surface area contributed by atoms with E-state index in [-0.39, 0.29) is 22.2 Å². The highest BCUT2D eigenvalue weighted by Crippen LogP contribution is 2.33. The van der Waals surface area contributed by atoms with Crippen molar-refractivity contribution in [2.24, 2.45) is 7.05 Å². The van der Waals surface area contributed by atoms with Crippen molar-refractivity contribution in [3.63, 3.8) is 0 Å². The van der Waals surface area contributed by atoms with Crippen molar-refractivity contribution in [1.82, 2.24) is 14.5 Å². The highest BCUT2D eigenvalue weighted by atomic mass is 16.5. The van der Waals surface area contributed by atoms with Gasteiger partial charge in [-0.2, -0.15) is 0 Å². The van der Waals surface area contributed by atoms with Crippen molar-refractivity contribution in [1.29, 1.82) is 0 Å². The predicted octanol–water partition coefficient (Wildman–Crippen LogP) is 3.61. The molecule has 1 amide bonds. The van der Waals surface area contributed by atoms with E-state index in [4.69, 9.17) is 14.2 Å². The summed E-state index contributed by atoms with van der Waals surface area (Å²) in [5.41, 5.74) is 5.63. The number of carbonyl (C=O) groups excluding carboxylic acids is 1. The van der Waals surface area contributed by atoms with E-state index in [1.54, 1.807) is 76.9 Å². The lowest BCUT2D eigenvalue weighted by Gasteiger charge is -2.29. The minimum absolute atomic E-state index is 0.146. The number of anilines is 1. The van der Waals surface area contributed by atoms with E-state index in [0.717, 1.165) is 49.5 Å². The number of carbonyl (C=O) groups is 1. The van der Waals surface area contributed by atoms with Gasteiger partial charge in [0.15, 0.2) is 11.5 Å². The van der Waals surface area contributed by atoms with Crippen LogP contribution in [0.2, 0.25) is 0 Å². The van der Waals surface area contributed by atoms with Gasteiger partial charge in [0, 0.05) is 37.9 Å². The molecule has 2 heterocycles. The van der Waals surface area contributed by atoms with Crippen molar-refractivity contribution in [2.45, 2.75) is 19.4 Å². The normalized spacial score (nSPS) is 13.5. The van der Waals surface area contributed by atoms with E-state index >= 15 is 0 Å². The highest BCUT2D eigenvalue weighted by Gasteiger charge is 2.19. The van der Waals surface area contributed by atoms with Crippen LogP contribution >= 0.6 is 0 Å². The molecule has 0 unspecified atom stereocenters. The number of methoxy groups -OCH3 is 3. The first-order chi connectivity index (χ1) is 24.2. The highest BCUT2D eigenvalue weighted by molar-refractivity contribution is 6.04. The summed E-state index contributed by atoms with van der Waals surface area (Å²) in [6.07, 6.45) is 5.11. The Bertz CT molecular complexity index is 2240. The average molecular weight is 673 g/mol. The van der Waals surface area contributed by atoms with Gasteiger partial charge in [-0.3, -0.25) is 19.3 Å². The molecule has 0 saturated heterocycles. The monoisotopic (exact) mass is 672 g/mol. The Balaban J connectivity index is 1.06. The lowest BCUT2D eigenvalue weighted by molar-refractivity contribution is 0.102. The van der Waals surface area contributed by atoms with Gasteiger partial charge < -0.3 is 29.1 Å². The number of H-pyrrole nitrogens is 1. The van der Waals surface area contributed by atoms with Gasteiger partial charge in [-0.1, -0.05) is 36.4 Å². The van der Waals surface area contributed by atoms with Gasteiger partial charge >= 0.3 is 0 Å². The molecule has 1 aromatic heterocycles. The number of aromatic nitrogens is 2. The second kappa shape index (κ2) is 15.1. The van der Waals surface area contributed by atoms with E-state index < -0.39 is 5.56 Å². The summed E-state index contributed by atoms with van der Waals surface area (Å²) < 4.78 is 17.5. The minimum Gasteiger partial charge on any atom is -0.497 e. The molecule has 10 nitrogen and oxygen atoms in total. The quantitative estimate of drug-likeness (QED) is 0.233. The molecule has 0 spiro atoms. The summed E-state index contributed by atoms with van der Waals surface area (Å²) >= 11 is 0. The number of aromatic amines is 1. The number of rotatable bonds is 10. The molecule has 0 bridgehead atoms. The maximum absolute atomic E-state index is 13.1. The predicted molar refractivity (Wildman–Crippen MR) is 195 cm³/mol. The van der Waals surface area contributed by atoms with Crippen molar-refractivity contribution in [3.05, 3.63) is 150 Å². The molecule has 0 saturated carbocycles. The molecule has 2 N–H and O–H groups in total. The third kappa shape index (κ3) is 7.71. The first kappa shape index (κ1) is 34.0. The van der Waals surface area contributed by atoms with Gasteiger partial charge in [0.1, 0.15) is 16.4 Å². The SMILES string of the molecule is COc1ccc(C=c2c(=O)[nH]c(=Cc3ccc(C(=O)Nc4ccc(CCN5CCc6cc(OC)c(OC)cc6C5)cc4)cc3)c(=O)n2C)cc1. The van der Waals surface area contributed by atoms with E-state index in [1.165, 1.54) is 21.3 Å². The van der Waals surface area contributed by atoms with Gasteiger partial charge in [-0.25, -0.2) is 0 Å². The Kier molecular flexibility index (Phi) is 10.3. The first-order valence-electron chi connectivity index (χ1n) is 16.4. The van der Waals surface area contributed by atoms with Crippen LogP contribution in [0.5, 0.6) is 17.2 Å². The zero-order valence-electron chi connectivity index (χ0n) is 28.6. The molecule has 0 fully saturated rings. The number of amides is 1. The van der Waals surface area contributed by atoms with Gasteiger partial charge in [0.25, 0.3) is 17.0 Å². The van der Waals surface area contributed by atoms with Crippen LogP contribution in [-0.2, 0) is 26.4 Å². The topological polar surface area (TPSA) is 115 Å². The molecule has 0 radical (unpaired) electrons. The molecule has 10 heteroatoms. The van der Waals surface area contributed by atoms with Crippen molar-refractivity contribution in [3.8, 4) is 17.2 Å². The molecular formula is C40H40N4O6. The summed E-state index contributed by atoms with van der Waals surface area (Å²) in [5.74, 6) is 1.98. The molecule has 4 aromatic carbocycles. The fourth-order valence-electron chi connectivity index (χ4n) is 6.08. The number of nitrogens with one attached hydrogen (secondary N) is 2. The van der Waals surface area contributed by atoms with Crippen molar-refractivity contribution in [2.75, 3.05) is 39.7 Å². The van der Waals surface area contributed by atoms with Crippen LogP contribution in [0, 0.1) is 0 Å². The number of hydrogen-bond donors (Lipinski definition) is 2. The van der Waals surface area contributed by atoms with Crippen LogP contribution in [0.4, 0.5) is 5.69 Å². The first-order valence-corrected chi connectivity index (χ1v) is 16.4. The third-order valence-electron chi connectivity index (χ3n) is 9.01. The van der Waals surface area contributed by atoms with Crippen LogP contribution in [0.15, 0.2) is 94.5 Å². The fraction of sp³-hybridized carbons (Fsp3) is 0.225. The van der Waals surface area contributed by atoms with E-state index in [2.05, 4.69) is 27.3 Å². The number of fused-ring (bicyclic) bond motifs is 1. The largest absolute Gasteiger partial charge is 0.497 e. The van der Waals surface area contributed by atoms with Gasteiger partial charge in [0.2, 0.25) is 0 Å². The maximum atomic E-state index is 13.1. The molecule has 0 atom stereocenters. The van der Waals surface area contributed by atoms with Gasteiger partial charge in [0.05, 0.1) is 21.3 Å². The van der Waals surface area contributed by atoms with Crippen LogP contribution in [0.3, 0.4) is 0 Å². The fourth-order valence-corrected chi connectivity index (χ4v) is 6.08. The Hall–Kier alpha value is -5.87. The maximum Gasteiger partial charge on any atom is 0.274 e. The Morgan fingerprint density at radius 2 is 1.46 bits per heavy atom. The lowest BCUT2D eigenvalue weighted by Crippen LogP contribution is -2.52. The number of nitrogens with zero attached hydrogens (tertiary/aromatic N) is 2. The molecule has 0 aliphatic carbocycles. The summed E-state index contributed by atoms with van der Waals surface area (Å²) in [7, 11) is 6.47. The van der Waals surface area contributed by atoms with Crippen LogP contribution < -0.4 is 41.3 Å². The zero-order chi connectivity index (χ0) is 35.2. The molecule has 1 aliphatic rings. The Morgan fingerprint density at radius 3 is 2.12 bits per heavy atom. The van der Waals surface area contributed by atoms with Crippen molar-refractivity contribution < 1.29 is 19.0 Å². The third-order valence-corrected chi connectivity index (χ3v) is 9.01. The molecule has 256 valence electrons. The van der Waals surface area contributed by atoms with E-state index in [0.29, 0.717) is 22.6 Å². The van der Waals surface area contributed by atoms with Gasteiger partial charge in [-0.05, 0) is 101 Å². The summed E-state index contributed by atoms with van der Waals surface area (Å²) in [6, 6.07) is 26.1. The zero-order valence-corrected chi connectivity index (χ0v) is 28.6. The van der Waals surface area contributed by atoms with Crippen LogP contribution in [0.1, 0.15) is 38.2 Å². The molecule has 1 aliphatic heterocycles. The van der Waals surface area contributed by atoms with Crippen molar-refractivity contribution >= 4 is 23.7 Å². The Morgan fingerprint density at radius 1 is 0.820 bits per heavy atom. The number of benzene rings is 4. The smallest absolute Gasteiger partial charge is 0.274 e. The number of ether oxygens (including phenoxy) is 3. The minimum atomic E-state index is -0.393. The molecule has 6 rings (SSSR count). The number of hydrogen-bond acceptors (Lipinski definition) is 7. The summed E-state index contributed by atoms with van der Waals surface area (Å²) in [6.45, 7) is 2.78. The molecule has 50 heavy (non-hydrogen) atoms. The lowest BCUT2D eigenvalue weighted by atomic mass is 9.98. The molecule has 5 aromatic rings. The van der Waals surface area contributed by atoms with E-state index in [9.17, 15) is 14.4 Å². The Labute approximate surface area is 289 Å². The second-order valence-corrected chi connectivity index (χ2v) is 12.2.